The molecule has 3 aliphatic rings. The van der Waals surface area contributed by atoms with E-state index in [-0.39, 0.29) is 0 Å². The van der Waals surface area contributed by atoms with Crippen LogP contribution < -0.4 is 5.11 Å². The molecular weight excluding hydrogens is 504 g/mol. The van der Waals surface area contributed by atoms with Gasteiger partial charge in [0.1, 0.15) is 24.1 Å². The highest BCUT2D eigenvalue weighted by Gasteiger charge is 2.39. The summed E-state index contributed by atoms with van der Waals surface area (Å²) in [6, 6.07) is 0. The van der Waals surface area contributed by atoms with E-state index in [4.69, 9.17) is 56.2 Å². The second kappa shape index (κ2) is 12.8. The lowest BCUT2D eigenvalue weighted by Gasteiger charge is -2.14. The van der Waals surface area contributed by atoms with Crippen LogP contribution in [0.3, 0.4) is 0 Å². The van der Waals surface area contributed by atoms with E-state index in [0.717, 1.165) is 0 Å². The lowest BCUT2D eigenvalue weighted by Crippen LogP contribution is -2.31. The van der Waals surface area contributed by atoms with Gasteiger partial charge in [-0.2, -0.15) is 0 Å². The first kappa shape index (κ1) is 30.2. The zero-order chi connectivity index (χ0) is 27.9. The Morgan fingerprint density at radius 3 is 1.06 bits per heavy atom. The fraction of sp³-hybridized carbons (Fsp3) is 0.500. The number of hydrogen-bond donors (Lipinski definition) is 11. The first-order chi connectivity index (χ1) is 16.7. The van der Waals surface area contributed by atoms with Gasteiger partial charge in [-0.15, -0.1) is 0 Å². The molecule has 0 saturated carbocycles. The van der Waals surface area contributed by atoms with Crippen molar-refractivity contribution < 1.29 is 89.9 Å². The minimum Gasteiger partial charge on any atom is -0.865 e. The maximum Gasteiger partial charge on any atom is 0.377 e. The summed E-state index contributed by atoms with van der Waals surface area (Å²) in [4.78, 5) is 31.5. The quantitative estimate of drug-likeness (QED) is 0.113. The van der Waals surface area contributed by atoms with Crippen LogP contribution in [0.4, 0.5) is 0 Å². The average Bonchev–Trinajstić information content (AvgIpc) is 3.40. The normalized spacial score (nSPS) is 25.8. The monoisotopic (exact) mass is 527 g/mol. The summed E-state index contributed by atoms with van der Waals surface area (Å²) in [5, 5.41) is 107. The number of aliphatic hydroxyl groups excluding tert-OH is 11. The average molecular weight is 527 g/mol. The van der Waals surface area contributed by atoms with Crippen molar-refractivity contribution in [2.45, 2.75) is 36.6 Å². The summed E-state index contributed by atoms with van der Waals surface area (Å²) in [6.07, 6.45) is -8.43. The predicted molar refractivity (Wildman–Crippen MR) is 103 cm³/mol. The standard InChI is InChI=1S/3C6H8O6/c3*7-1-2(8)5-3(9)4(10)6(11)12-5/h3*2,5,7-10H,1H2/p-1. The third-order valence-electron chi connectivity index (χ3n) is 4.41. The minimum absolute atomic E-state index is 0.671. The van der Waals surface area contributed by atoms with Crippen molar-refractivity contribution in [3.05, 3.63) is 34.6 Å². The molecule has 0 amide bonds. The summed E-state index contributed by atoms with van der Waals surface area (Å²) in [7, 11) is 0. The largest absolute Gasteiger partial charge is 0.865 e. The molecule has 18 heteroatoms. The van der Waals surface area contributed by atoms with Gasteiger partial charge in [-0.1, -0.05) is 0 Å². The van der Waals surface area contributed by atoms with Crippen LogP contribution in [0.5, 0.6) is 0 Å². The van der Waals surface area contributed by atoms with E-state index in [1.54, 1.807) is 0 Å². The second-order valence-corrected chi connectivity index (χ2v) is 6.91. The molecule has 0 aliphatic carbocycles. The molecule has 0 aromatic rings. The van der Waals surface area contributed by atoms with E-state index in [1.165, 1.54) is 0 Å². The van der Waals surface area contributed by atoms with Crippen molar-refractivity contribution in [3.63, 3.8) is 0 Å². The lowest BCUT2D eigenvalue weighted by molar-refractivity contribution is -0.303. The zero-order valence-corrected chi connectivity index (χ0v) is 17.9. The molecule has 0 saturated heterocycles. The molecule has 0 fully saturated rings. The van der Waals surface area contributed by atoms with E-state index in [9.17, 15) is 19.5 Å². The third-order valence-corrected chi connectivity index (χ3v) is 4.41. The van der Waals surface area contributed by atoms with Gasteiger partial charge >= 0.3 is 17.9 Å². The first-order valence-corrected chi connectivity index (χ1v) is 9.57. The highest BCUT2D eigenvalue weighted by Crippen LogP contribution is 2.22. The molecule has 6 unspecified atom stereocenters. The Morgan fingerprint density at radius 2 is 0.861 bits per heavy atom. The Morgan fingerprint density at radius 1 is 0.583 bits per heavy atom. The molecule has 0 aromatic heterocycles. The van der Waals surface area contributed by atoms with Crippen LogP contribution >= 0.6 is 0 Å². The highest BCUT2D eigenvalue weighted by atomic mass is 16.6. The van der Waals surface area contributed by atoms with Gasteiger partial charge in [-0.05, 0) is 0 Å². The number of rotatable bonds is 6. The minimum atomic E-state index is -1.46. The molecule has 0 bridgehead atoms. The van der Waals surface area contributed by atoms with Crippen LogP contribution in [0.1, 0.15) is 0 Å². The van der Waals surface area contributed by atoms with Crippen LogP contribution in [-0.4, -0.2) is 131 Å². The number of aliphatic hydroxyl groups is 11. The van der Waals surface area contributed by atoms with Crippen LogP contribution in [-0.2, 0) is 28.6 Å². The molecule has 3 aliphatic heterocycles. The van der Waals surface area contributed by atoms with Crippen molar-refractivity contribution in [1.29, 1.82) is 0 Å². The van der Waals surface area contributed by atoms with Crippen LogP contribution in [0.2, 0.25) is 0 Å². The van der Waals surface area contributed by atoms with Gasteiger partial charge in [0.2, 0.25) is 11.5 Å². The van der Waals surface area contributed by atoms with Crippen molar-refractivity contribution in [2.75, 3.05) is 19.8 Å². The number of hydrogen-bond acceptors (Lipinski definition) is 18. The Labute approximate surface area is 199 Å². The summed E-state index contributed by atoms with van der Waals surface area (Å²) in [5.74, 6) is -8.81. The highest BCUT2D eigenvalue weighted by molar-refractivity contribution is 5.89. The summed E-state index contributed by atoms with van der Waals surface area (Å²) < 4.78 is 12.9. The maximum atomic E-state index is 10.6. The molecule has 6 atom stereocenters. The van der Waals surface area contributed by atoms with Crippen molar-refractivity contribution in [1.82, 2.24) is 0 Å². The maximum absolute atomic E-state index is 10.6. The second-order valence-electron chi connectivity index (χ2n) is 6.91. The molecule has 3 heterocycles. The summed E-state index contributed by atoms with van der Waals surface area (Å²) >= 11 is 0. The lowest BCUT2D eigenvalue weighted by atomic mass is 10.2. The Balaban J connectivity index is 0.000000270. The smallest absolute Gasteiger partial charge is 0.377 e. The fourth-order valence-electron chi connectivity index (χ4n) is 2.46. The van der Waals surface area contributed by atoms with Gasteiger partial charge in [0.15, 0.2) is 29.8 Å². The van der Waals surface area contributed by atoms with E-state index < -0.39 is 109 Å². The van der Waals surface area contributed by atoms with E-state index in [1.807, 2.05) is 0 Å². The van der Waals surface area contributed by atoms with Crippen LogP contribution in [0.15, 0.2) is 34.6 Å². The van der Waals surface area contributed by atoms with Gasteiger partial charge in [-0.25, -0.2) is 14.4 Å². The summed E-state index contributed by atoms with van der Waals surface area (Å²) in [6.45, 7) is -2.04. The molecule has 0 radical (unpaired) electrons. The summed E-state index contributed by atoms with van der Waals surface area (Å²) in [5.41, 5.74) is 0. The van der Waals surface area contributed by atoms with Crippen LogP contribution in [0, 0.1) is 0 Å². The van der Waals surface area contributed by atoms with Gasteiger partial charge in [0, 0.05) is 5.76 Å². The van der Waals surface area contributed by atoms with E-state index in [0.29, 0.717) is 0 Å². The number of esters is 3. The molecule has 3 rings (SSSR count). The molecule has 18 nitrogen and oxygen atoms in total. The molecule has 11 N–H and O–H groups in total. The zero-order valence-electron chi connectivity index (χ0n) is 17.9. The number of ether oxygens (including phenoxy) is 3. The van der Waals surface area contributed by atoms with Gasteiger partial charge in [-0.3, -0.25) is 0 Å². The predicted octanol–water partition coefficient (Wildman–Crippen LogP) is -5.42. The number of carbonyl (C=O) groups excluding carboxylic acids is 3. The molecule has 0 spiro atoms. The van der Waals surface area contributed by atoms with Gasteiger partial charge < -0.3 is 75.5 Å². The Bertz CT molecular complexity index is 815. The Kier molecular flexibility index (Phi) is 10.7. The van der Waals surface area contributed by atoms with Gasteiger partial charge in [0.05, 0.1) is 19.8 Å². The Hall–Kier alpha value is -3.81. The molecular formula is C18H23O18-. The fourth-order valence-corrected chi connectivity index (χ4v) is 2.46. The van der Waals surface area contributed by atoms with Crippen molar-refractivity contribution in [2.24, 2.45) is 0 Å². The number of cyclic esters (lactones) is 3. The van der Waals surface area contributed by atoms with Crippen LogP contribution in [0.25, 0.3) is 0 Å². The number of carbonyl (C=O) groups is 3. The van der Waals surface area contributed by atoms with Crippen molar-refractivity contribution >= 4 is 17.9 Å². The molecule has 36 heavy (non-hydrogen) atoms. The first-order valence-electron chi connectivity index (χ1n) is 9.57. The van der Waals surface area contributed by atoms with E-state index >= 15 is 0 Å². The van der Waals surface area contributed by atoms with Gasteiger partial charge in [0.25, 0.3) is 0 Å². The van der Waals surface area contributed by atoms with Crippen molar-refractivity contribution in [3.8, 4) is 0 Å². The third kappa shape index (κ3) is 6.65. The topological polar surface area (TPSA) is 324 Å². The SMILES string of the molecule is O=C1OC(C(O)CO)C(O)=C1O.O=C1OC(C(O)CO)C(O)=C1O.O=C1OC(C(O)CO)C(O)=C1[O-]. The molecule has 204 valence electrons. The molecule has 0 aromatic carbocycles. The van der Waals surface area contributed by atoms with E-state index in [2.05, 4.69) is 14.2 Å².